The van der Waals surface area contributed by atoms with Crippen molar-refractivity contribution in [1.29, 1.82) is 0 Å². The molecule has 0 saturated carbocycles. The number of halogens is 1. The predicted octanol–water partition coefficient (Wildman–Crippen LogP) is 4.44. The summed E-state index contributed by atoms with van der Waals surface area (Å²) in [5, 5.41) is 4.97. The number of rotatable bonds is 5. The molecule has 1 amide bonds. The first-order valence-electron chi connectivity index (χ1n) is 7.19. The number of benzene rings is 2. The fraction of sp³-hybridized carbons (Fsp3) is 0.0588. The van der Waals surface area contributed by atoms with Crippen LogP contribution in [0.4, 0.5) is 5.69 Å². The molecule has 3 aromatic rings. The summed E-state index contributed by atoms with van der Waals surface area (Å²) in [5.41, 5.74) is 5.16. The van der Waals surface area contributed by atoms with Crippen molar-refractivity contribution < 1.29 is 13.6 Å². The van der Waals surface area contributed by atoms with E-state index in [9.17, 15) is 9.00 Å². The van der Waals surface area contributed by atoms with E-state index in [2.05, 4.69) is 10.3 Å². The molecule has 1 heterocycles. The smallest absolute Gasteiger partial charge is 0.257 e. The molecule has 3 rings (SSSR count). The van der Waals surface area contributed by atoms with Crippen molar-refractivity contribution in [2.45, 2.75) is 5.75 Å². The van der Waals surface area contributed by atoms with Gasteiger partial charge in [0.25, 0.3) is 5.91 Å². The number of amides is 1. The molecule has 0 saturated heterocycles. The summed E-state index contributed by atoms with van der Waals surface area (Å²) < 4.78 is 19.7. The molecule has 0 fully saturated rings. The van der Waals surface area contributed by atoms with Gasteiger partial charge in [-0.3, -0.25) is 4.79 Å². The van der Waals surface area contributed by atoms with E-state index in [0.29, 0.717) is 16.8 Å². The van der Waals surface area contributed by atoms with Crippen LogP contribution in [0.5, 0.6) is 0 Å². The molecule has 2 N–H and O–H groups in total. The van der Waals surface area contributed by atoms with Crippen LogP contribution >= 0.6 is 22.9 Å². The molecule has 5 nitrogen and oxygen atoms in total. The van der Waals surface area contributed by atoms with E-state index in [1.165, 1.54) is 17.4 Å². The lowest BCUT2D eigenvalue weighted by molar-refractivity contribution is 0.102. The zero-order chi connectivity index (χ0) is 17.8. The second-order valence-corrected chi connectivity index (χ2v) is 7.24. The highest BCUT2D eigenvalue weighted by Crippen LogP contribution is 2.23. The topological polar surface area (TPSA) is 79.3 Å². The van der Waals surface area contributed by atoms with E-state index < -0.39 is 11.1 Å². The maximum atomic E-state index is 12.4. The SMILES string of the molecule is O=C(Nc1ccc(-c2cscn2)cc1)c1ccc(CS(=O)O)cc1Cl. The van der Waals surface area contributed by atoms with Gasteiger partial charge in [0.2, 0.25) is 0 Å². The molecule has 1 unspecified atom stereocenters. The van der Waals surface area contributed by atoms with Crippen LogP contribution in [0.25, 0.3) is 11.3 Å². The van der Waals surface area contributed by atoms with E-state index in [4.69, 9.17) is 16.2 Å². The number of nitrogens with one attached hydrogen (secondary N) is 1. The van der Waals surface area contributed by atoms with E-state index in [-0.39, 0.29) is 16.7 Å². The van der Waals surface area contributed by atoms with Gasteiger partial charge in [0.15, 0.2) is 11.1 Å². The van der Waals surface area contributed by atoms with E-state index in [1.54, 1.807) is 29.8 Å². The van der Waals surface area contributed by atoms with Gasteiger partial charge in [-0.1, -0.05) is 29.8 Å². The number of nitrogens with zero attached hydrogens (tertiary/aromatic N) is 1. The summed E-state index contributed by atoms with van der Waals surface area (Å²) in [7, 11) is 0. The van der Waals surface area contributed by atoms with Crippen LogP contribution in [0.2, 0.25) is 5.02 Å². The maximum Gasteiger partial charge on any atom is 0.257 e. The molecular formula is C17H13ClN2O3S2. The summed E-state index contributed by atoms with van der Waals surface area (Å²) in [6.07, 6.45) is 0. The van der Waals surface area contributed by atoms with Crippen LogP contribution in [-0.2, 0) is 16.8 Å². The largest absolute Gasteiger partial charge is 0.322 e. The third-order valence-corrected chi connectivity index (χ3v) is 4.92. The van der Waals surface area contributed by atoms with Gasteiger partial charge < -0.3 is 9.87 Å². The first-order valence-corrected chi connectivity index (χ1v) is 9.78. The number of anilines is 1. The average Bonchev–Trinajstić information content (AvgIpc) is 3.09. The van der Waals surface area contributed by atoms with Crippen molar-refractivity contribution in [2.24, 2.45) is 0 Å². The van der Waals surface area contributed by atoms with Crippen LogP contribution < -0.4 is 5.32 Å². The molecule has 1 atom stereocenters. The number of thiazole rings is 1. The van der Waals surface area contributed by atoms with Gasteiger partial charge in [0, 0.05) is 16.6 Å². The first kappa shape index (κ1) is 17.8. The van der Waals surface area contributed by atoms with Gasteiger partial charge in [0.05, 0.1) is 27.5 Å². The third kappa shape index (κ3) is 4.52. The minimum absolute atomic E-state index is 0.0281. The Bertz CT molecular complexity index is 912. The van der Waals surface area contributed by atoms with Crippen molar-refractivity contribution in [3.8, 4) is 11.3 Å². The van der Waals surface area contributed by atoms with Crippen LogP contribution in [0, 0.1) is 0 Å². The molecule has 2 aromatic carbocycles. The number of hydrogen-bond acceptors (Lipinski definition) is 4. The lowest BCUT2D eigenvalue weighted by Crippen LogP contribution is -2.12. The summed E-state index contributed by atoms with van der Waals surface area (Å²) in [5.74, 6) is -0.372. The Kier molecular flexibility index (Phi) is 5.60. The minimum atomic E-state index is -1.95. The van der Waals surface area contributed by atoms with Gasteiger partial charge >= 0.3 is 0 Å². The molecule has 1 aromatic heterocycles. The maximum absolute atomic E-state index is 12.4. The van der Waals surface area contributed by atoms with Crippen LogP contribution in [0.15, 0.2) is 53.4 Å². The molecule has 0 aliphatic rings. The number of carbonyl (C=O) groups excluding carboxylic acids is 1. The van der Waals surface area contributed by atoms with Gasteiger partial charge in [-0.25, -0.2) is 9.19 Å². The zero-order valence-electron chi connectivity index (χ0n) is 12.8. The fourth-order valence-corrected chi connectivity index (χ4v) is 3.57. The van der Waals surface area contributed by atoms with Crippen molar-refractivity contribution >= 4 is 45.6 Å². The highest BCUT2D eigenvalue weighted by atomic mass is 35.5. The van der Waals surface area contributed by atoms with Gasteiger partial charge in [0.1, 0.15) is 0 Å². The van der Waals surface area contributed by atoms with Gasteiger partial charge in [-0.2, -0.15) is 0 Å². The second-order valence-electron chi connectivity index (χ2n) is 5.19. The Morgan fingerprint density at radius 1 is 1.24 bits per heavy atom. The molecule has 128 valence electrons. The molecular weight excluding hydrogens is 380 g/mol. The van der Waals surface area contributed by atoms with E-state index in [1.807, 2.05) is 17.5 Å². The van der Waals surface area contributed by atoms with Crippen LogP contribution in [0.1, 0.15) is 15.9 Å². The fourth-order valence-electron chi connectivity index (χ4n) is 2.25. The van der Waals surface area contributed by atoms with E-state index >= 15 is 0 Å². The summed E-state index contributed by atoms with van der Waals surface area (Å²) >= 11 is 5.69. The number of aromatic nitrogens is 1. The Hall–Kier alpha value is -2.06. The normalized spacial score (nSPS) is 11.9. The molecule has 0 spiro atoms. The quantitative estimate of drug-likeness (QED) is 0.629. The molecule has 0 radical (unpaired) electrons. The summed E-state index contributed by atoms with van der Waals surface area (Å²) in [6, 6.07) is 12.0. The zero-order valence-corrected chi connectivity index (χ0v) is 15.2. The Labute approximate surface area is 156 Å². The second kappa shape index (κ2) is 7.88. The highest BCUT2D eigenvalue weighted by molar-refractivity contribution is 7.78. The Balaban J connectivity index is 1.72. The van der Waals surface area contributed by atoms with Gasteiger partial charge in [-0.15, -0.1) is 11.3 Å². The lowest BCUT2D eigenvalue weighted by atomic mass is 10.1. The van der Waals surface area contributed by atoms with Crippen molar-refractivity contribution in [2.75, 3.05) is 5.32 Å². The Morgan fingerprint density at radius 3 is 2.60 bits per heavy atom. The Morgan fingerprint density at radius 2 is 2.00 bits per heavy atom. The summed E-state index contributed by atoms with van der Waals surface area (Å²) in [4.78, 5) is 16.6. The average molecular weight is 393 g/mol. The van der Waals surface area contributed by atoms with Crippen molar-refractivity contribution in [3.63, 3.8) is 0 Å². The van der Waals surface area contributed by atoms with E-state index in [0.717, 1.165) is 11.3 Å². The predicted molar refractivity (Wildman–Crippen MR) is 101 cm³/mol. The third-order valence-electron chi connectivity index (χ3n) is 3.44. The van der Waals surface area contributed by atoms with Crippen molar-refractivity contribution in [3.05, 3.63) is 69.5 Å². The van der Waals surface area contributed by atoms with Crippen molar-refractivity contribution in [1.82, 2.24) is 4.98 Å². The number of hydrogen-bond donors (Lipinski definition) is 2. The standard InChI is InChI=1S/C17H13ClN2O3S2/c18-15-7-11(9-25(22)23)1-6-14(15)17(21)20-13-4-2-12(3-5-13)16-8-24-10-19-16/h1-8,10H,9H2,(H,20,21)(H,22,23). The molecule has 8 heteroatoms. The molecule has 25 heavy (non-hydrogen) atoms. The summed E-state index contributed by atoms with van der Waals surface area (Å²) in [6.45, 7) is 0. The van der Waals surface area contributed by atoms with Crippen LogP contribution in [-0.4, -0.2) is 19.7 Å². The highest BCUT2D eigenvalue weighted by Gasteiger charge is 2.12. The van der Waals surface area contributed by atoms with Gasteiger partial charge in [-0.05, 0) is 29.8 Å². The number of carbonyl (C=O) groups is 1. The monoisotopic (exact) mass is 392 g/mol. The van der Waals surface area contributed by atoms with Crippen LogP contribution in [0.3, 0.4) is 0 Å². The first-order chi connectivity index (χ1) is 12.0. The molecule has 0 bridgehead atoms. The molecule has 0 aliphatic heterocycles. The lowest BCUT2D eigenvalue weighted by Gasteiger charge is -2.08. The molecule has 0 aliphatic carbocycles. The minimum Gasteiger partial charge on any atom is -0.322 e.